The van der Waals surface area contributed by atoms with E-state index in [2.05, 4.69) is 63.2 Å². The van der Waals surface area contributed by atoms with E-state index in [1.165, 1.54) is 45.2 Å². The number of likely N-dealkylation sites (tertiary alicyclic amines) is 1. The third-order valence-electron chi connectivity index (χ3n) is 7.73. The van der Waals surface area contributed by atoms with E-state index < -0.39 is 10.0 Å². The van der Waals surface area contributed by atoms with Gasteiger partial charge in [-0.25, -0.2) is 18.1 Å². The minimum atomic E-state index is -3.73. The molecule has 0 unspecified atom stereocenters. The van der Waals surface area contributed by atoms with Gasteiger partial charge >= 0.3 is 0 Å². The smallest absolute Gasteiger partial charge is 0.242 e. The predicted molar refractivity (Wildman–Crippen MR) is 172 cm³/mol. The molecule has 12 heteroatoms. The third-order valence-corrected chi connectivity index (χ3v) is 10.0. The fraction of sp³-hybridized carbons (Fsp3) is 0.467. The fourth-order valence-electron chi connectivity index (χ4n) is 5.70. The van der Waals surface area contributed by atoms with Crippen molar-refractivity contribution in [3.05, 3.63) is 53.1 Å². The van der Waals surface area contributed by atoms with Gasteiger partial charge in [-0.1, -0.05) is 18.6 Å². The van der Waals surface area contributed by atoms with E-state index in [4.69, 9.17) is 4.74 Å². The lowest BCUT2D eigenvalue weighted by atomic mass is 9.99. The molecule has 0 aliphatic carbocycles. The molecule has 0 radical (unpaired) electrons. The number of rotatable bonds is 10. The molecule has 3 aromatic rings. The van der Waals surface area contributed by atoms with Gasteiger partial charge in [0.25, 0.3) is 0 Å². The Kier molecular flexibility index (Phi) is 9.87. The second-order valence-corrected chi connectivity index (χ2v) is 13.6. The molecule has 2 aromatic carbocycles. The highest BCUT2D eigenvalue weighted by Gasteiger charge is 2.26. The number of hydrogen-bond acceptors (Lipinski definition) is 9. The summed E-state index contributed by atoms with van der Waals surface area (Å²) in [7, 11) is -2.09. The number of nitrogens with zero attached hydrogens (tertiary/aromatic N) is 4. The first kappa shape index (κ1) is 30.5. The first-order valence-corrected chi connectivity index (χ1v) is 16.9. The molecule has 2 fully saturated rings. The summed E-state index contributed by atoms with van der Waals surface area (Å²) in [5.74, 6) is 1.45. The van der Waals surface area contributed by atoms with Crippen LogP contribution in [-0.4, -0.2) is 68.7 Å². The van der Waals surface area contributed by atoms with Crippen LogP contribution >= 0.6 is 15.9 Å². The van der Waals surface area contributed by atoms with E-state index in [0.29, 0.717) is 33.7 Å². The highest BCUT2D eigenvalue weighted by molar-refractivity contribution is 9.10. The van der Waals surface area contributed by atoms with E-state index in [-0.39, 0.29) is 10.9 Å². The number of hydrogen-bond donors (Lipinski definition) is 3. The second kappa shape index (κ2) is 13.6. The standard InChI is InChI=1S/C30H40BrN7O3S/c1-21(2)36-42(39,40)28-10-6-5-9-25(28)33-29-24(31)20-32-30(35-29)34-26-19-23(11-12-27(26)41-3)38-17-13-22(14-18-38)37-15-7-4-8-16-37/h5-6,9-12,19-22,36H,4,7-8,13-18H2,1-3H3,(H2,32,33,34,35). The van der Waals surface area contributed by atoms with Crippen molar-refractivity contribution in [1.29, 1.82) is 0 Å². The zero-order valence-electron chi connectivity index (χ0n) is 24.4. The van der Waals surface area contributed by atoms with Gasteiger partial charge in [0.2, 0.25) is 16.0 Å². The predicted octanol–water partition coefficient (Wildman–Crippen LogP) is 5.88. The molecule has 2 aliphatic rings. The van der Waals surface area contributed by atoms with E-state index in [0.717, 1.165) is 24.5 Å². The van der Waals surface area contributed by atoms with Gasteiger partial charge in [0.05, 0.1) is 23.0 Å². The normalized spacial score (nSPS) is 16.9. The van der Waals surface area contributed by atoms with Crippen molar-refractivity contribution in [2.75, 3.05) is 48.8 Å². The van der Waals surface area contributed by atoms with Crippen LogP contribution in [-0.2, 0) is 10.0 Å². The first-order chi connectivity index (χ1) is 20.2. The minimum Gasteiger partial charge on any atom is -0.495 e. The molecule has 42 heavy (non-hydrogen) atoms. The van der Waals surface area contributed by atoms with E-state index in [9.17, 15) is 8.42 Å². The zero-order chi connectivity index (χ0) is 29.7. The topological polar surface area (TPSA) is 112 Å². The molecule has 3 heterocycles. The molecule has 5 rings (SSSR count). The average molecular weight is 659 g/mol. The number of benzene rings is 2. The van der Waals surface area contributed by atoms with Gasteiger partial charge in [0.15, 0.2) is 0 Å². The van der Waals surface area contributed by atoms with Crippen molar-refractivity contribution in [2.24, 2.45) is 0 Å². The number of halogens is 1. The summed E-state index contributed by atoms with van der Waals surface area (Å²) in [5.41, 5.74) is 2.29. The third kappa shape index (κ3) is 7.34. The molecular formula is C30H40BrN7O3S. The Morgan fingerprint density at radius 3 is 2.43 bits per heavy atom. The van der Waals surface area contributed by atoms with Gasteiger partial charge in [-0.3, -0.25) is 0 Å². The number of anilines is 5. The maximum Gasteiger partial charge on any atom is 0.242 e. The molecular weight excluding hydrogens is 618 g/mol. The fourth-order valence-corrected chi connectivity index (χ4v) is 7.41. The van der Waals surface area contributed by atoms with Gasteiger partial charge < -0.3 is 25.2 Å². The lowest BCUT2D eigenvalue weighted by molar-refractivity contribution is 0.141. The molecule has 0 bridgehead atoms. The van der Waals surface area contributed by atoms with E-state index in [1.54, 1.807) is 51.4 Å². The van der Waals surface area contributed by atoms with E-state index in [1.807, 2.05) is 6.07 Å². The summed E-state index contributed by atoms with van der Waals surface area (Å²) in [6, 6.07) is 13.3. The van der Waals surface area contributed by atoms with Crippen molar-refractivity contribution < 1.29 is 13.2 Å². The van der Waals surface area contributed by atoms with Crippen LogP contribution in [0.2, 0.25) is 0 Å². The summed E-state index contributed by atoms with van der Waals surface area (Å²) in [4.78, 5) is 14.4. The van der Waals surface area contributed by atoms with Gasteiger partial charge in [-0.15, -0.1) is 0 Å². The molecule has 0 amide bonds. The number of methoxy groups -OCH3 is 1. The van der Waals surface area contributed by atoms with Gasteiger partial charge in [0, 0.05) is 37.1 Å². The van der Waals surface area contributed by atoms with Crippen LogP contribution in [0.4, 0.5) is 28.8 Å². The summed E-state index contributed by atoms with van der Waals surface area (Å²) in [6.07, 6.45) is 7.98. The molecule has 2 aliphatic heterocycles. The van der Waals surface area contributed by atoms with Crippen molar-refractivity contribution >= 4 is 54.8 Å². The second-order valence-electron chi connectivity index (χ2n) is 11.1. The number of aromatic nitrogens is 2. The summed E-state index contributed by atoms with van der Waals surface area (Å²) in [6.45, 7) is 8.08. The molecule has 1 aromatic heterocycles. The molecule has 0 spiro atoms. The van der Waals surface area contributed by atoms with Crippen molar-refractivity contribution in [3.8, 4) is 5.75 Å². The Labute approximate surface area is 257 Å². The molecule has 0 atom stereocenters. The Balaban J connectivity index is 1.33. The maximum absolute atomic E-state index is 12.9. The van der Waals surface area contributed by atoms with Crippen LogP contribution in [0, 0.1) is 0 Å². The molecule has 226 valence electrons. The number of para-hydroxylation sites is 1. The quantitative estimate of drug-likeness (QED) is 0.246. The zero-order valence-corrected chi connectivity index (χ0v) is 26.8. The van der Waals surface area contributed by atoms with Crippen LogP contribution in [0.15, 0.2) is 58.0 Å². The largest absolute Gasteiger partial charge is 0.495 e. The van der Waals surface area contributed by atoms with Gasteiger partial charge in [-0.05, 0) is 98.9 Å². The van der Waals surface area contributed by atoms with Crippen molar-refractivity contribution in [2.45, 2.75) is 62.9 Å². The van der Waals surface area contributed by atoms with Crippen molar-refractivity contribution in [3.63, 3.8) is 0 Å². The maximum atomic E-state index is 12.9. The van der Waals surface area contributed by atoms with Crippen LogP contribution in [0.5, 0.6) is 5.75 Å². The van der Waals surface area contributed by atoms with Gasteiger partial charge in [-0.2, -0.15) is 4.98 Å². The van der Waals surface area contributed by atoms with Gasteiger partial charge in [0.1, 0.15) is 16.5 Å². The molecule has 3 N–H and O–H groups in total. The van der Waals surface area contributed by atoms with Crippen LogP contribution in [0.1, 0.15) is 46.0 Å². The highest BCUT2D eigenvalue weighted by Crippen LogP contribution is 2.34. The lowest BCUT2D eigenvalue weighted by Crippen LogP contribution is -2.46. The summed E-state index contributed by atoms with van der Waals surface area (Å²) in [5, 5.41) is 6.48. The number of sulfonamides is 1. The Morgan fingerprint density at radius 2 is 1.71 bits per heavy atom. The van der Waals surface area contributed by atoms with Crippen LogP contribution < -0.4 is 25.0 Å². The number of nitrogens with one attached hydrogen (secondary N) is 3. The van der Waals surface area contributed by atoms with Crippen molar-refractivity contribution in [1.82, 2.24) is 19.6 Å². The first-order valence-electron chi connectivity index (χ1n) is 14.6. The lowest BCUT2D eigenvalue weighted by Gasteiger charge is -2.41. The molecule has 10 nitrogen and oxygen atoms in total. The Bertz CT molecular complexity index is 1470. The average Bonchev–Trinajstić information content (AvgIpc) is 2.99. The Hall–Kier alpha value is -2.93. The number of piperidine rings is 2. The van der Waals surface area contributed by atoms with Crippen LogP contribution in [0.25, 0.3) is 0 Å². The molecule has 0 saturated carbocycles. The molecule has 2 saturated heterocycles. The monoisotopic (exact) mass is 657 g/mol. The Morgan fingerprint density at radius 1 is 0.976 bits per heavy atom. The summed E-state index contributed by atoms with van der Waals surface area (Å²) < 4.78 is 34.8. The van der Waals surface area contributed by atoms with E-state index >= 15 is 0 Å². The van der Waals surface area contributed by atoms with Crippen LogP contribution in [0.3, 0.4) is 0 Å². The highest BCUT2D eigenvalue weighted by atomic mass is 79.9. The summed E-state index contributed by atoms with van der Waals surface area (Å²) >= 11 is 3.50. The number of ether oxygens (including phenoxy) is 1. The minimum absolute atomic E-state index is 0.136. The SMILES string of the molecule is COc1ccc(N2CCC(N3CCCCC3)CC2)cc1Nc1ncc(Br)c(Nc2ccccc2S(=O)(=O)NC(C)C)n1.